The first-order valence-corrected chi connectivity index (χ1v) is 5.61. The fraction of sp³-hybridized carbons (Fsp3) is 0.727. The Kier molecular flexibility index (Phi) is 3.26. The van der Waals surface area contributed by atoms with Crippen LogP contribution in [0.15, 0.2) is 6.20 Å². The van der Waals surface area contributed by atoms with Crippen molar-refractivity contribution in [3.8, 4) is 0 Å². The molecule has 0 spiro atoms. The number of aryl methyl sites for hydroxylation is 2. The maximum absolute atomic E-state index is 5.56. The molecule has 0 radical (unpaired) electrons. The van der Waals surface area contributed by atoms with E-state index in [4.69, 9.17) is 4.74 Å². The quantitative estimate of drug-likeness (QED) is 0.820. The number of aromatic nitrogens is 2. The molecule has 1 unspecified atom stereocenters. The van der Waals surface area contributed by atoms with E-state index in [1.165, 1.54) is 12.8 Å². The molecule has 0 aliphatic carbocycles. The van der Waals surface area contributed by atoms with Crippen LogP contribution in [0.2, 0.25) is 0 Å². The predicted molar refractivity (Wildman–Crippen MR) is 60.0 cm³/mol. The fourth-order valence-corrected chi connectivity index (χ4v) is 2.00. The first-order chi connectivity index (χ1) is 7.25. The van der Waals surface area contributed by atoms with E-state index in [9.17, 15) is 0 Å². The number of hydrogen-bond donors (Lipinski definition) is 1. The van der Waals surface area contributed by atoms with E-state index in [0.29, 0.717) is 6.10 Å². The van der Waals surface area contributed by atoms with Gasteiger partial charge >= 0.3 is 0 Å². The highest BCUT2D eigenvalue weighted by Crippen LogP contribution is 2.15. The van der Waals surface area contributed by atoms with Crippen LogP contribution in [0.3, 0.4) is 0 Å². The minimum atomic E-state index is 0.457. The predicted octanol–water partition coefficient (Wildman–Crippen LogP) is 1.71. The summed E-state index contributed by atoms with van der Waals surface area (Å²) in [5.74, 6) is 0.950. The summed E-state index contributed by atoms with van der Waals surface area (Å²) in [7, 11) is 2.01. The zero-order valence-electron chi connectivity index (χ0n) is 9.49. The molecular formula is C11H19N3O. The molecule has 1 fully saturated rings. The molecule has 15 heavy (non-hydrogen) atoms. The van der Waals surface area contributed by atoms with Crippen LogP contribution in [0.1, 0.15) is 25.0 Å². The largest absolute Gasteiger partial charge is 0.378 e. The van der Waals surface area contributed by atoms with Crippen LogP contribution in [0.5, 0.6) is 0 Å². The highest BCUT2D eigenvalue weighted by molar-refractivity contribution is 5.27. The van der Waals surface area contributed by atoms with Gasteiger partial charge < -0.3 is 14.6 Å². The lowest BCUT2D eigenvalue weighted by Crippen LogP contribution is -2.14. The van der Waals surface area contributed by atoms with Crippen molar-refractivity contribution < 1.29 is 4.74 Å². The maximum Gasteiger partial charge on any atom is 0.202 e. The van der Waals surface area contributed by atoms with E-state index in [-0.39, 0.29) is 0 Å². The summed E-state index contributed by atoms with van der Waals surface area (Å²) in [6.45, 7) is 3.88. The molecule has 4 nitrogen and oxygen atoms in total. The van der Waals surface area contributed by atoms with Crippen molar-refractivity contribution in [1.82, 2.24) is 9.55 Å². The highest BCUT2D eigenvalue weighted by Gasteiger charge is 2.14. The molecular weight excluding hydrogens is 190 g/mol. The molecule has 0 amide bonds. The van der Waals surface area contributed by atoms with Crippen LogP contribution < -0.4 is 5.32 Å². The number of ether oxygens (including phenoxy) is 1. The lowest BCUT2D eigenvalue weighted by molar-refractivity contribution is 0.107. The van der Waals surface area contributed by atoms with Gasteiger partial charge in [0, 0.05) is 26.4 Å². The molecule has 1 aliphatic heterocycles. The van der Waals surface area contributed by atoms with Gasteiger partial charge in [-0.05, 0) is 26.2 Å². The number of rotatable bonds is 4. The third kappa shape index (κ3) is 2.72. The van der Waals surface area contributed by atoms with Crippen molar-refractivity contribution in [2.75, 3.05) is 18.5 Å². The molecule has 0 bridgehead atoms. The summed E-state index contributed by atoms with van der Waals surface area (Å²) in [5.41, 5.74) is 1.05. The molecule has 2 heterocycles. The Morgan fingerprint density at radius 2 is 2.53 bits per heavy atom. The van der Waals surface area contributed by atoms with Crippen molar-refractivity contribution in [2.24, 2.45) is 7.05 Å². The first-order valence-electron chi connectivity index (χ1n) is 5.61. The van der Waals surface area contributed by atoms with Crippen molar-refractivity contribution in [2.45, 2.75) is 32.3 Å². The van der Waals surface area contributed by atoms with E-state index >= 15 is 0 Å². The second-order valence-electron chi connectivity index (χ2n) is 4.17. The zero-order chi connectivity index (χ0) is 10.7. The average Bonchev–Trinajstić information content (AvgIpc) is 2.77. The van der Waals surface area contributed by atoms with Gasteiger partial charge in [0.2, 0.25) is 5.95 Å². The molecule has 1 aromatic heterocycles. The van der Waals surface area contributed by atoms with Gasteiger partial charge in [-0.3, -0.25) is 0 Å². The number of nitrogens with zero attached hydrogens (tertiary/aromatic N) is 2. The molecule has 84 valence electrons. The molecule has 4 heteroatoms. The third-order valence-electron chi connectivity index (χ3n) is 2.77. The van der Waals surface area contributed by atoms with E-state index in [2.05, 4.69) is 10.3 Å². The fourth-order valence-electron chi connectivity index (χ4n) is 2.00. The Morgan fingerprint density at radius 3 is 3.13 bits per heavy atom. The molecule has 0 saturated carbocycles. The lowest BCUT2D eigenvalue weighted by Gasteiger charge is -2.10. The average molecular weight is 209 g/mol. The van der Waals surface area contributed by atoms with Crippen molar-refractivity contribution >= 4 is 5.95 Å². The minimum absolute atomic E-state index is 0.457. The van der Waals surface area contributed by atoms with Gasteiger partial charge in [0.05, 0.1) is 11.8 Å². The summed E-state index contributed by atoms with van der Waals surface area (Å²) in [4.78, 5) is 4.39. The van der Waals surface area contributed by atoms with Gasteiger partial charge in [-0.25, -0.2) is 4.98 Å². The first kappa shape index (κ1) is 10.5. The lowest BCUT2D eigenvalue weighted by atomic mass is 10.2. The number of nitrogens with one attached hydrogen (secondary N) is 1. The van der Waals surface area contributed by atoms with E-state index in [0.717, 1.165) is 31.2 Å². The SMILES string of the molecule is Cc1cn(C)c(NCCC2CCCO2)n1. The van der Waals surface area contributed by atoms with Crippen LogP contribution in [0.25, 0.3) is 0 Å². The Balaban J connectivity index is 1.75. The number of hydrogen-bond acceptors (Lipinski definition) is 3. The van der Waals surface area contributed by atoms with Gasteiger partial charge in [0.15, 0.2) is 0 Å². The molecule has 2 rings (SSSR count). The Morgan fingerprint density at radius 1 is 1.67 bits per heavy atom. The summed E-state index contributed by atoms with van der Waals surface area (Å²) in [6, 6.07) is 0. The molecule has 1 atom stereocenters. The summed E-state index contributed by atoms with van der Waals surface area (Å²) < 4.78 is 7.58. The van der Waals surface area contributed by atoms with Crippen molar-refractivity contribution in [3.05, 3.63) is 11.9 Å². The third-order valence-corrected chi connectivity index (χ3v) is 2.77. The monoisotopic (exact) mass is 209 g/mol. The minimum Gasteiger partial charge on any atom is -0.378 e. The second kappa shape index (κ2) is 4.66. The summed E-state index contributed by atoms with van der Waals surface area (Å²) in [5, 5.41) is 3.33. The Labute approximate surface area is 90.6 Å². The Hall–Kier alpha value is -1.03. The van der Waals surface area contributed by atoms with Crippen LogP contribution in [-0.4, -0.2) is 28.8 Å². The van der Waals surface area contributed by atoms with Crippen molar-refractivity contribution in [3.63, 3.8) is 0 Å². The van der Waals surface area contributed by atoms with E-state index in [1.54, 1.807) is 0 Å². The zero-order valence-corrected chi connectivity index (χ0v) is 9.49. The maximum atomic E-state index is 5.56. The number of imidazole rings is 1. The van der Waals surface area contributed by atoms with Gasteiger partial charge in [-0.15, -0.1) is 0 Å². The van der Waals surface area contributed by atoms with Crippen molar-refractivity contribution in [1.29, 1.82) is 0 Å². The highest BCUT2D eigenvalue weighted by atomic mass is 16.5. The van der Waals surface area contributed by atoms with E-state index < -0.39 is 0 Å². The normalized spacial score (nSPS) is 20.8. The summed E-state index contributed by atoms with van der Waals surface area (Å²) in [6.07, 6.45) is 5.98. The van der Waals surface area contributed by atoms with Crippen LogP contribution >= 0.6 is 0 Å². The van der Waals surface area contributed by atoms with Gasteiger partial charge in [0.25, 0.3) is 0 Å². The standard InChI is InChI=1S/C11H19N3O/c1-9-8-14(2)11(13-9)12-6-5-10-4-3-7-15-10/h8,10H,3-7H2,1-2H3,(H,12,13). The van der Waals surface area contributed by atoms with Crippen LogP contribution in [0, 0.1) is 6.92 Å². The molecule has 1 saturated heterocycles. The van der Waals surface area contributed by atoms with Gasteiger partial charge in [-0.2, -0.15) is 0 Å². The summed E-state index contributed by atoms with van der Waals surface area (Å²) >= 11 is 0. The van der Waals surface area contributed by atoms with E-state index in [1.807, 2.05) is 24.7 Å². The van der Waals surface area contributed by atoms with Gasteiger partial charge in [0.1, 0.15) is 0 Å². The molecule has 1 N–H and O–H groups in total. The number of anilines is 1. The smallest absolute Gasteiger partial charge is 0.202 e. The van der Waals surface area contributed by atoms with Gasteiger partial charge in [-0.1, -0.05) is 0 Å². The second-order valence-corrected chi connectivity index (χ2v) is 4.17. The molecule has 0 aromatic carbocycles. The topological polar surface area (TPSA) is 39.1 Å². The van der Waals surface area contributed by atoms with Crippen LogP contribution in [-0.2, 0) is 11.8 Å². The van der Waals surface area contributed by atoms with Crippen LogP contribution in [0.4, 0.5) is 5.95 Å². The molecule has 1 aliphatic rings. The Bertz CT molecular complexity index is 316. The molecule has 1 aromatic rings.